The van der Waals surface area contributed by atoms with Gasteiger partial charge in [-0.05, 0) is 19.2 Å². The second-order valence-electron chi connectivity index (χ2n) is 5.93. The molecule has 1 aliphatic heterocycles. The van der Waals surface area contributed by atoms with Gasteiger partial charge in [-0.1, -0.05) is 12.1 Å². The van der Waals surface area contributed by atoms with Crippen LogP contribution in [0.4, 0.5) is 5.69 Å². The van der Waals surface area contributed by atoms with Crippen molar-refractivity contribution in [1.29, 1.82) is 0 Å². The fourth-order valence-corrected chi connectivity index (χ4v) is 2.93. The Kier molecular flexibility index (Phi) is 5.27. The third kappa shape index (κ3) is 3.90. The van der Waals surface area contributed by atoms with Crippen LogP contribution in [0.1, 0.15) is 5.56 Å². The van der Waals surface area contributed by atoms with Gasteiger partial charge in [-0.25, -0.2) is 0 Å². The predicted octanol–water partition coefficient (Wildman–Crippen LogP) is 1.30. The molecule has 0 amide bonds. The predicted molar refractivity (Wildman–Crippen MR) is 92.4 cm³/mol. The normalized spacial score (nSPS) is 15.3. The van der Waals surface area contributed by atoms with Crippen LogP contribution < -0.4 is 10.6 Å². The minimum absolute atomic E-state index is 0.665. The molecule has 6 nitrogen and oxygen atoms in total. The molecule has 0 saturated carbocycles. The zero-order valence-corrected chi connectivity index (χ0v) is 13.7. The molecule has 0 unspecified atom stereocenters. The molecule has 1 aromatic heterocycles. The average Bonchev–Trinajstić information content (AvgIpc) is 3.04. The third-order valence-electron chi connectivity index (χ3n) is 4.19. The van der Waals surface area contributed by atoms with Gasteiger partial charge in [0, 0.05) is 55.7 Å². The van der Waals surface area contributed by atoms with E-state index < -0.39 is 0 Å². The number of nitrogens with one attached hydrogen (secondary N) is 1. The Labute approximate surface area is 137 Å². The lowest BCUT2D eigenvalue weighted by Crippen LogP contribution is -2.36. The lowest BCUT2D eigenvalue weighted by atomic mass is 10.1. The van der Waals surface area contributed by atoms with Crippen molar-refractivity contribution in [2.45, 2.75) is 6.54 Å². The third-order valence-corrected chi connectivity index (χ3v) is 4.19. The van der Waals surface area contributed by atoms with Crippen LogP contribution in [0.5, 0.6) is 0 Å². The molecule has 2 aromatic rings. The summed E-state index contributed by atoms with van der Waals surface area (Å²) in [7, 11) is 2.07. The van der Waals surface area contributed by atoms with E-state index in [-0.39, 0.29) is 0 Å². The van der Waals surface area contributed by atoms with Gasteiger partial charge in [-0.15, -0.1) is 0 Å². The molecule has 0 atom stereocenters. The summed E-state index contributed by atoms with van der Waals surface area (Å²) in [4.78, 5) is 4.56. The van der Waals surface area contributed by atoms with Crippen LogP contribution in [0.15, 0.2) is 30.5 Å². The Hall–Kier alpha value is -1.89. The van der Waals surface area contributed by atoms with E-state index in [2.05, 4.69) is 51.3 Å². The second kappa shape index (κ2) is 7.59. The van der Waals surface area contributed by atoms with Crippen LogP contribution in [0.25, 0.3) is 11.3 Å². The van der Waals surface area contributed by atoms with Crippen LogP contribution in [-0.4, -0.2) is 61.5 Å². The molecule has 3 rings (SSSR count). The Morgan fingerprint density at radius 2 is 2.00 bits per heavy atom. The first-order valence-electron chi connectivity index (χ1n) is 8.12. The van der Waals surface area contributed by atoms with Crippen molar-refractivity contribution in [3.8, 4) is 11.3 Å². The van der Waals surface area contributed by atoms with Gasteiger partial charge in [0.2, 0.25) is 0 Å². The summed E-state index contributed by atoms with van der Waals surface area (Å²) >= 11 is 0. The summed E-state index contributed by atoms with van der Waals surface area (Å²) in [6, 6.07) is 8.63. The number of benzene rings is 1. The highest BCUT2D eigenvalue weighted by Gasteiger charge is 2.13. The molecule has 1 aromatic carbocycles. The number of likely N-dealkylation sites (N-methyl/N-ethyl adjacent to an activating group) is 1. The monoisotopic (exact) mass is 315 g/mol. The minimum atomic E-state index is 0.665. The number of aromatic nitrogens is 2. The van der Waals surface area contributed by atoms with E-state index in [1.165, 1.54) is 11.3 Å². The highest BCUT2D eigenvalue weighted by molar-refractivity contribution is 5.65. The van der Waals surface area contributed by atoms with Crippen LogP contribution >= 0.6 is 0 Å². The maximum absolute atomic E-state index is 5.62. The topological polar surface area (TPSA) is 70.4 Å². The molecule has 2 heterocycles. The first-order chi connectivity index (χ1) is 11.3. The number of hydrogen-bond donors (Lipinski definition) is 2. The fourth-order valence-electron chi connectivity index (χ4n) is 2.93. The molecule has 1 aliphatic rings. The molecule has 23 heavy (non-hydrogen) atoms. The van der Waals surface area contributed by atoms with E-state index in [0.717, 1.165) is 50.7 Å². The fraction of sp³-hybridized carbons (Fsp3) is 0.471. The van der Waals surface area contributed by atoms with Crippen molar-refractivity contribution in [3.63, 3.8) is 0 Å². The van der Waals surface area contributed by atoms with Crippen LogP contribution in [-0.2, 0) is 11.3 Å². The second-order valence-corrected chi connectivity index (χ2v) is 5.93. The van der Waals surface area contributed by atoms with Crippen LogP contribution in [0.3, 0.4) is 0 Å². The van der Waals surface area contributed by atoms with Crippen molar-refractivity contribution in [2.75, 3.05) is 51.3 Å². The van der Waals surface area contributed by atoms with E-state index in [1.807, 2.05) is 6.20 Å². The summed E-state index contributed by atoms with van der Waals surface area (Å²) < 4.78 is 5.41. The number of nitrogens with zero attached hydrogens (tertiary/aromatic N) is 3. The minimum Gasteiger partial charge on any atom is -0.378 e. The molecule has 1 fully saturated rings. The van der Waals surface area contributed by atoms with Crippen molar-refractivity contribution < 1.29 is 4.74 Å². The zero-order chi connectivity index (χ0) is 16.1. The van der Waals surface area contributed by atoms with Crippen LogP contribution in [0, 0.1) is 0 Å². The smallest absolute Gasteiger partial charge is 0.0965 e. The van der Waals surface area contributed by atoms with E-state index in [4.69, 9.17) is 10.5 Å². The number of anilines is 1. The molecule has 0 radical (unpaired) electrons. The Balaban J connectivity index is 1.73. The van der Waals surface area contributed by atoms with E-state index in [1.54, 1.807) is 0 Å². The highest BCUT2D eigenvalue weighted by Crippen LogP contribution is 2.25. The van der Waals surface area contributed by atoms with Gasteiger partial charge >= 0.3 is 0 Å². The van der Waals surface area contributed by atoms with Crippen molar-refractivity contribution in [1.82, 2.24) is 15.1 Å². The molecule has 124 valence electrons. The number of ether oxygens (including phenoxy) is 1. The zero-order valence-electron chi connectivity index (χ0n) is 13.7. The molecule has 6 heteroatoms. The number of morpholine rings is 1. The summed E-state index contributed by atoms with van der Waals surface area (Å²) in [5, 5.41) is 7.41. The van der Waals surface area contributed by atoms with Gasteiger partial charge in [0.1, 0.15) is 0 Å². The quantitative estimate of drug-likeness (QED) is 0.841. The molecule has 0 bridgehead atoms. The molecular weight excluding hydrogens is 290 g/mol. The number of H-pyrrole nitrogens is 1. The number of aromatic amines is 1. The van der Waals surface area contributed by atoms with Gasteiger partial charge in [0.25, 0.3) is 0 Å². The van der Waals surface area contributed by atoms with E-state index >= 15 is 0 Å². The van der Waals surface area contributed by atoms with Gasteiger partial charge in [0.15, 0.2) is 0 Å². The molecule has 3 N–H and O–H groups in total. The number of rotatable bonds is 6. The number of hydrogen-bond acceptors (Lipinski definition) is 5. The summed E-state index contributed by atoms with van der Waals surface area (Å²) in [5.41, 5.74) is 10.2. The van der Waals surface area contributed by atoms with Crippen molar-refractivity contribution in [2.24, 2.45) is 5.73 Å². The molecule has 0 aliphatic carbocycles. The van der Waals surface area contributed by atoms with E-state index in [0.29, 0.717) is 6.54 Å². The Morgan fingerprint density at radius 3 is 2.70 bits per heavy atom. The van der Waals surface area contributed by atoms with Gasteiger partial charge in [-0.3, -0.25) is 5.10 Å². The SMILES string of the molecule is CN(CCN)Cc1c[nH]nc1-c1ccc(N2CCOCC2)cc1. The summed E-state index contributed by atoms with van der Waals surface area (Å²) in [6.45, 7) is 5.90. The Bertz CT molecular complexity index is 604. The summed E-state index contributed by atoms with van der Waals surface area (Å²) in [5.74, 6) is 0. The van der Waals surface area contributed by atoms with Crippen LogP contribution in [0.2, 0.25) is 0 Å². The van der Waals surface area contributed by atoms with Gasteiger partial charge < -0.3 is 20.3 Å². The first kappa shape index (κ1) is 16.0. The van der Waals surface area contributed by atoms with Gasteiger partial charge in [-0.2, -0.15) is 5.10 Å². The maximum Gasteiger partial charge on any atom is 0.0965 e. The highest BCUT2D eigenvalue weighted by atomic mass is 16.5. The lowest BCUT2D eigenvalue weighted by molar-refractivity contribution is 0.122. The molecular formula is C17H25N5O. The number of nitrogens with two attached hydrogens (primary N) is 1. The molecule has 0 spiro atoms. The maximum atomic E-state index is 5.62. The van der Waals surface area contributed by atoms with E-state index in [9.17, 15) is 0 Å². The first-order valence-corrected chi connectivity index (χ1v) is 8.12. The standard InChI is InChI=1S/C17H25N5O/c1-21(7-6-18)13-15-12-19-20-17(15)14-2-4-16(5-3-14)22-8-10-23-11-9-22/h2-5,12H,6-11,13,18H2,1H3,(H,19,20). The lowest BCUT2D eigenvalue weighted by Gasteiger charge is -2.28. The molecule has 1 saturated heterocycles. The van der Waals surface area contributed by atoms with Crippen molar-refractivity contribution in [3.05, 3.63) is 36.0 Å². The average molecular weight is 315 g/mol. The summed E-state index contributed by atoms with van der Waals surface area (Å²) in [6.07, 6.45) is 1.97. The Morgan fingerprint density at radius 1 is 1.26 bits per heavy atom. The van der Waals surface area contributed by atoms with Crippen molar-refractivity contribution >= 4 is 5.69 Å². The van der Waals surface area contributed by atoms with Gasteiger partial charge in [0.05, 0.1) is 18.9 Å². The largest absolute Gasteiger partial charge is 0.378 e.